The quantitative estimate of drug-likeness (QED) is 0.410. The summed E-state index contributed by atoms with van der Waals surface area (Å²) in [6.07, 6.45) is 5.32. The number of benzene rings is 1. The Morgan fingerprint density at radius 3 is 2.57 bits per heavy atom. The molecule has 0 saturated carbocycles. The molecule has 0 unspecified atom stereocenters. The lowest BCUT2D eigenvalue weighted by Gasteiger charge is -2.07. The maximum atomic E-state index is 5.64. The number of nitrogens with zero attached hydrogens (tertiary/aromatic N) is 1. The molecule has 0 aliphatic heterocycles. The van der Waals surface area contributed by atoms with Crippen LogP contribution >= 0.6 is 11.6 Å². The first-order valence-corrected chi connectivity index (χ1v) is 5.30. The van der Waals surface area contributed by atoms with Crippen LogP contribution in [0.1, 0.15) is 5.56 Å². The molecule has 0 saturated heterocycles. The fourth-order valence-electron chi connectivity index (χ4n) is 1.14. The molecular formula is C12H16ClN. The number of hydrogen-bond donors (Lipinski definition) is 0. The van der Waals surface area contributed by atoms with Crippen LogP contribution in [0.15, 0.2) is 42.5 Å². The van der Waals surface area contributed by atoms with Gasteiger partial charge in [0, 0.05) is 6.54 Å². The lowest BCUT2D eigenvalue weighted by Crippen LogP contribution is -2.15. The molecule has 0 atom stereocenters. The minimum Gasteiger partial charge on any atom is -0.289 e. The van der Waals surface area contributed by atoms with E-state index in [2.05, 4.69) is 36.4 Å². The summed E-state index contributed by atoms with van der Waals surface area (Å²) in [6.45, 7) is 0.913. The van der Waals surface area contributed by atoms with Crippen LogP contribution in [-0.2, 0) is 6.42 Å². The molecule has 0 radical (unpaired) electrons. The third-order valence-electron chi connectivity index (χ3n) is 1.98. The summed E-state index contributed by atoms with van der Waals surface area (Å²) >= 11 is 5.64. The predicted octanol–water partition coefficient (Wildman–Crippen LogP) is 2.91. The molecule has 1 aromatic carbocycles. The number of alkyl halides is 1. The summed E-state index contributed by atoms with van der Waals surface area (Å²) in [5.74, 6) is 0. The van der Waals surface area contributed by atoms with Crippen LogP contribution in [-0.4, -0.2) is 24.5 Å². The molecule has 2 heteroatoms. The van der Waals surface area contributed by atoms with Crippen molar-refractivity contribution in [2.75, 3.05) is 19.6 Å². The molecule has 0 amide bonds. The van der Waals surface area contributed by atoms with Gasteiger partial charge in [-0.1, -0.05) is 42.5 Å². The molecule has 0 N–H and O–H groups in total. The van der Waals surface area contributed by atoms with Gasteiger partial charge in [0.05, 0.1) is 6.00 Å². The normalized spacial score (nSPS) is 11.4. The highest BCUT2D eigenvalue weighted by Gasteiger charge is 1.89. The van der Waals surface area contributed by atoms with Gasteiger partial charge >= 0.3 is 0 Å². The number of likely N-dealkylation sites (N-methyl/N-ethyl adjacent to an activating group) is 1. The molecule has 1 nitrogen and oxygen atoms in total. The Kier molecular flexibility index (Phi) is 5.35. The number of allylic oxidation sites excluding steroid dienone is 1. The number of hydrogen-bond acceptors (Lipinski definition) is 1. The maximum Gasteiger partial charge on any atom is 0.0738 e. The van der Waals surface area contributed by atoms with Gasteiger partial charge in [0.25, 0.3) is 0 Å². The summed E-state index contributed by atoms with van der Waals surface area (Å²) in [4.78, 5) is 2.04. The lowest BCUT2D eigenvalue weighted by atomic mass is 10.1. The zero-order chi connectivity index (χ0) is 10.2. The van der Waals surface area contributed by atoms with Crippen molar-refractivity contribution in [2.45, 2.75) is 6.42 Å². The van der Waals surface area contributed by atoms with Gasteiger partial charge in [0.15, 0.2) is 0 Å². The van der Waals surface area contributed by atoms with E-state index in [-0.39, 0.29) is 0 Å². The van der Waals surface area contributed by atoms with E-state index in [1.165, 1.54) is 5.56 Å². The van der Waals surface area contributed by atoms with Gasteiger partial charge in [-0.2, -0.15) is 0 Å². The Morgan fingerprint density at radius 2 is 1.93 bits per heavy atom. The number of halogens is 1. The molecule has 0 bridgehead atoms. The van der Waals surface area contributed by atoms with Crippen molar-refractivity contribution in [3.63, 3.8) is 0 Å². The summed E-state index contributed by atoms with van der Waals surface area (Å²) in [5, 5.41) is 0. The molecule has 0 spiro atoms. The van der Waals surface area contributed by atoms with E-state index >= 15 is 0 Å². The zero-order valence-corrected chi connectivity index (χ0v) is 9.24. The fraction of sp³-hybridized carbons (Fsp3) is 0.333. The van der Waals surface area contributed by atoms with Gasteiger partial charge in [-0.25, -0.2) is 0 Å². The first-order valence-electron chi connectivity index (χ1n) is 4.76. The van der Waals surface area contributed by atoms with E-state index in [1.807, 2.05) is 18.0 Å². The number of rotatable bonds is 5. The van der Waals surface area contributed by atoms with Crippen LogP contribution in [0.2, 0.25) is 0 Å². The summed E-state index contributed by atoms with van der Waals surface area (Å²) < 4.78 is 0. The molecule has 0 aliphatic rings. The highest BCUT2D eigenvalue weighted by Crippen LogP contribution is 2.00. The van der Waals surface area contributed by atoms with Gasteiger partial charge in [0.2, 0.25) is 0 Å². The lowest BCUT2D eigenvalue weighted by molar-refractivity contribution is 0.434. The van der Waals surface area contributed by atoms with Crippen LogP contribution < -0.4 is 0 Å². The van der Waals surface area contributed by atoms with E-state index in [4.69, 9.17) is 11.6 Å². The molecule has 0 aromatic heterocycles. The van der Waals surface area contributed by atoms with Crippen LogP contribution in [0.3, 0.4) is 0 Å². The molecule has 0 fully saturated rings. The molecule has 1 rings (SSSR count). The second-order valence-corrected chi connectivity index (χ2v) is 3.56. The molecule has 1 aromatic rings. The van der Waals surface area contributed by atoms with Gasteiger partial charge in [-0.15, -0.1) is 11.6 Å². The van der Waals surface area contributed by atoms with Crippen molar-refractivity contribution < 1.29 is 0 Å². The summed E-state index contributed by atoms with van der Waals surface area (Å²) in [6, 6.07) is 11.0. The van der Waals surface area contributed by atoms with Crippen LogP contribution in [0, 0.1) is 0 Å². The van der Waals surface area contributed by atoms with Crippen molar-refractivity contribution >= 4 is 11.6 Å². The monoisotopic (exact) mass is 209 g/mol. The fourth-order valence-corrected chi connectivity index (χ4v) is 1.23. The molecule has 76 valence electrons. The Bertz CT molecular complexity index is 269. The first-order chi connectivity index (χ1) is 6.83. The smallest absolute Gasteiger partial charge is 0.0738 e. The summed E-state index contributed by atoms with van der Waals surface area (Å²) in [7, 11) is 2.00. The second kappa shape index (κ2) is 6.63. The molecule has 0 aliphatic carbocycles. The highest BCUT2D eigenvalue weighted by atomic mass is 35.5. The van der Waals surface area contributed by atoms with Crippen molar-refractivity contribution in [2.24, 2.45) is 0 Å². The van der Waals surface area contributed by atoms with Gasteiger partial charge in [-0.05, 0) is 19.0 Å². The Hall–Kier alpha value is -0.790. The molecule has 0 heterocycles. The average molecular weight is 210 g/mol. The van der Waals surface area contributed by atoms with E-state index in [0.29, 0.717) is 6.00 Å². The van der Waals surface area contributed by atoms with Crippen molar-refractivity contribution in [3.8, 4) is 0 Å². The standard InChI is InChI=1S/C12H16ClN/c1-14(11-13)10-6-5-9-12-7-3-2-4-8-12/h2-8H,9-11H2,1H3. The topological polar surface area (TPSA) is 3.24 Å². The average Bonchev–Trinajstić information content (AvgIpc) is 2.25. The van der Waals surface area contributed by atoms with Crippen molar-refractivity contribution in [1.82, 2.24) is 4.90 Å². The van der Waals surface area contributed by atoms with Crippen LogP contribution in [0.25, 0.3) is 0 Å². The van der Waals surface area contributed by atoms with Gasteiger partial charge < -0.3 is 0 Å². The summed E-state index contributed by atoms with van der Waals surface area (Å²) in [5.41, 5.74) is 1.34. The van der Waals surface area contributed by atoms with E-state index < -0.39 is 0 Å². The van der Waals surface area contributed by atoms with E-state index in [0.717, 1.165) is 13.0 Å². The highest BCUT2D eigenvalue weighted by molar-refractivity contribution is 6.17. The minimum atomic E-state index is 0.579. The Labute approximate surface area is 91.0 Å². The molecular weight excluding hydrogens is 194 g/mol. The first kappa shape index (κ1) is 11.3. The van der Waals surface area contributed by atoms with Crippen molar-refractivity contribution in [1.29, 1.82) is 0 Å². The minimum absolute atomic E-state index is 0.579. The van der Waals surface area contributed by atoms with Crippen molar-refractivity contribution in [3.05, 3.63) is 48.0 Å². The third-order valence-corrected chi connectivity index (χ3v) is 2.39. The molecule has 14 heavy (non-hydrogen) atoms. The van der Waals surface area contributed by atoms with Crippen LogP contribution in [0.4, 0.5) is 0 Å². The largest absolute Gasteiger partial charge is 0.289 e. The second-order valence-electron chi connectivity index (χ2n) is 3.32. The van der Waals surface area contributed by atoms with Gasteiger partial charge in [0.1, 0.15) is 0 Å². The zero-order valence-electron chi connectivity index (χ0n) is 8.49. The van der Waals surface area contributed by atoms with Crippen LogP contribution in [0.5, 0.6) is 0 Å². The maximum absolute atomic E-state index is 5.64. The third kappa shape index (κ3) is 4.45. The van der Waals surface area contributed by atoms with Gasteiger partial charge in [-0.3, -0.25) is 4.90 Å². The van der Waals surface area contributed by atoms with E-state index in [1.54, 1.807) is 0 Å². The predicted molar refractivity (Wildman–Crippen MR) is 62.6 cm³/mol. The Morgan fingerprint density at radius 1 is 1.21 bits per heavy atom. The Balaban J connectivity index is 2.27. The van der Waals surface area contributed by atoms with E-state index in [9.17, 15) is 0 Å². The SMILES string of the molecule is CN(CCl)CC=CCc1ccccc1.